The number of rotatable bonds is 3. The van der Waals surface area contributed by atoms with Crippen molar-refractivity contribution in [2.45, 2.75) is 26.8 Å². The summed E-state index contributed by atoms with van der Waals surface area (Å²) < 4.78 is 0. The third kappa shape index (κ3) is 3.99. The Labute approximate surface area is 130 Å². The van der Waals surface area contributed by atoms with Crippen molar-refractivity contribution in [3.63, 3.8) is 0 Å². The number of hydrogen-bond donors (Lipinski definition) is 2. The first-order valence-electron chi connectivity index (χ1n) is 6.86. The van der Waals surface area contributed by atoms with Crippen molar-refractivity contribution in [3.05, 3.63) is 64.2 Å². The van der Waals surface area contributed by atoms with Gasteiger partial charge in [0, 0.05) is 10.7 Å². The maximum Gasteiger partial charge on any atom is 0.319 e. The van der Waals surface area contributed by atoms with E-state index in [0.29, 0.717) is 5.02 Å². The van der Waals surface area contributed by atoms with Crippen molar-refractivity contribution in [2.24, 2.45) is 0 Å². The Kier molecular flexibility index (Phi) is 4.86. The Hall–Kier alpha value is -2.00. The number of urea groups is 1. The maximum atomic E-state index is 12.1. The molecule has 0 saturated carbocycles. The molecule has 0 aliphatic heterocycles. The molecule has 0 aliphatic rings. The van der Waals surface area contributed by atoms with Crippen LogP contribution >= 0.6 is 11.6 Å². The van der Waals surface area contributed by atoms with Crippen LogP contribution in [0.4, 0.5) is 10.5 Å². The van der Waals surface area contributed by atoms with Crippen LogP contribution in [0.2, 0.25) is 5.02 Å². The van der Waals surface area contributed by atoms with Gasteiger partial charge in [-0.15, -0.1) is 0 Å². The molecule has 2 aromatic carbocycles. The first-order valence-corrected chi connectivity index (χ1v) is 7.24. The molecule has 0 fully saturated rings. The predicted octanol–water partition coefficient (Wildman–Crippen LogP) is 4.84. The summed E-state index contributed by atoms with van der Waals surface area (Å²) in [6, 6.07) is 13.0. The normalized spacial score (nSPS) is 11.8. The van der Waals surface area contributed by atoms with Crippen LogP contribution in [0.25, 0.3) is 0 Å². The van der Waals surface area contributed by atoms with Gasteiger partial charge in [0.2, 0.25) is 0 Å². The zero-order valence-corrected chi connectivity index (χ0v) is 13.2. The van der Waals surface area contributed by atoms with Crippen LogP contribution < -0.4 is 10.6 Å². The summed E-state index contributed by atoms with van der Waals surface area (Å²) >= 11 is 5.86. The first kappa shape index (κ1) is 15.4. The molecule has 0 bridgehead atoms. The van der Waals surface area contributed by atoms with Crippen molar-refractivity contribution in [1.29, 1.82) is 0 Å². The summed E-state index contributed by atoms with van der Waals surface area (Å²) in [6.07, 6.45) is 0. The van der Waals surface area contributed by atoms with Gasteiger partial charge in [-0.2, -0.15) is 0 Å². The molecule has 2 amide bonds. The van der Waals surface area contributed by atoms with Gasteiger partial charge in [-0.25, -0.2) is 4.79 Å². The lowest BCUT2D eigenvalue weighted by molar-refractivity contribution is 0.249. The lowest BCUT2D eigenvalue weighted by Gasteiger charge is -2.16. The molecule has 2 aromatic rings. The third-order valence-electron chi connectivity index (χ3n) is 3.57. The highest BCUT2D eigenvalue weighted by Gasteiger charge is 2.10. The molecule has 110 valence electrons. The summed E-state index contributed by atoms with van der Waals surface area (Å²) in [7, 11) is 0. The largest absolute Gasteiger partial charge is 0.331 e. The molecule has 0 radical (unpaired) electrons. The molecule has 0 spiro atoms. The van der Waals surface area contributed by atoms with Crippen LogP contribution in [-0.2, 0) is 0 Å². The molecule has 0 heterocycles. The van der Waals surface area contributed by atoms with Gasteiger partial charge in [0.25, 0.3) is 0 Å². The molecule has 0 aromatic heterocycles. The smallest absolute Gasteiger partial charge is 0.319 e. The second-order valence-electron chi connectivity index (χ2n) is 5.12. The zero-order chi connectivity index (χ0) is 15.4. The monoisotopic (exact) mass is 302 g/mol. The Morgan fingerprint density at radius 3 is 2.43 bits per heavy atom. The van der Waals surface area contributed by atoms with Crippen LogP contribution in [-0.4, -0.2) is 6.03 Å². The van der Waals surface area contributed by atoms with Crippen molar-refractivity contribution in [3.8, 4) is 0 Å². The van der Waals surface area contributed by atoms with Gasteiger partial charge < -0.3 is 10.6 Å². The SMILES string of the molecule is Cc1cccc(NC(=O)NC(C)c2ccc(Cl)cc2)c1C. The summed E-state index contributed by atoms with van der Waals surface area (Å²) in [4.78, 5) is 12.1. The van der Waals surface area contributed by atoms with E-state index in [-0.39, 0.29) is 12.1 Å². The van der Waals surface area contributed by atoms with Gasteiger partial charge >= 0.3 is 6.03 Å². The van der Waals surface area contributed by atoms with Gasteiger partial charge in [0.1, 0.15) is 0 Å². The fourth-order valence-electron chi connectivity index (χ4n) is 2.08. The van der Waals surface area contributed by atoms with E-state index in [0.717, 1.165) is 22.4 Å². The molecule has 0 aliphatic carbocycles. The lowest BCUT2D eigenvalue weighted by Crippen LogP contribution is -2.31. The Balaban J connectivity index is 2.01. The van der Waals surface area contributed by atoms with Crippen molar-refractivity contribution in [1.82, 2.24) is 5.32 Å². The number of amides is 2. The van der Waals surface area contributed by atoms with E-state index in [2.05, 4.69) is 10.6 Å². The van der Waals surface area contributed by atoms with E-state index in [4.69, 9.17) is 11.6 Å². The zero-order valence-electron chi connectivity index (χ0n) is 12.4. The molecular formula is C17H19ClN2O. The summed E-state index contributed by atoms with van der Waals surface area (Å²) in [5, 5.41) is 6.49. The minimum Gasteiger partial charge on any atom is -0.331 e. The fraction of sp³-hybridized carbons (Fsp3) is 0.235. The topological polar surface area (TPSA) is 41.1 Å². The minimum absolute atomic E-state index is 0.0904. The van der Waals surface area contributed by atoms with Crippen LogP contribution in [0.3, 0.4) is 0 Å². The summed E-state index contributed by atoms with van der Waals surface area (Å²) in [5.41, 5.74) is 4.07. The molecule has 2 rings (SSSR count). The van der Waals surface area contributed by atoms with Crippen LogP contribution in [0.5, 0.6) is 0 Å². The third-order valence-corrected chi connectivity index (χ3v) is 3.82. The number of anilines is 1. The summed E-state index contributed by atoms with van der Waals surface area (Å²) in [6.45, 7) is 5.95. The molecular weight excluding hydrogens is 284 g/mol. The number of carbonyl (C=O) groups excluding carboxylic acids is 1. The van der Waals surface area contributed by atoms with Crippen molar-refractivity contribution in [2.75, 3.05) is 5.32 Å². The number of hydrogen-bond acceptors (Lipinski definition) is 1. The Bertz CT molecular complexity index is 638. The number of benzene rings is 2. The van der Waals surface area contributed by atoms with Crippen LogP contribution in [0, 0.1) is 13.8 Å². The highest BCUT2D eigenvalue weighted by Crippen LogP contribution is 2.19. The lowest BCUT2D eigenvalue weighted by atomic mass is 10.1. The molecule has 0 saturated heterocycles. The van der Waals surface area contributed by atoms with Gasteiger partial charge in [0.15, 0.2) is 0 Å². The average Bonchev–Trinajstić information content (AvgIpc) is 2.44. The molecule has 3 nitrogen and oxygen atoms in total. The highest BCUT2D eigenvalue weighted by molar-refractivity contribution is 6.30. The van der Waals surface area contributed by atoms with E-state index >= 15 is 0 Å². The minimum atomic E-state index is -0.217. The number of carbonyl (C=O) groups is 1. The second kappa shape index (κ2) is 6.64. The van der Waals surface area contributed by atoms with E-state index in [1.54, 1.807) is 0 Å². The molecule has 1 unspecified atom stereocenters. The predicted molar refractivity (Wildman–Crippen MR) is 87.9 cm³/mol. The Morgan fingerprint density at radius 1 is 1.10 bits per heavy atom. The van der Waals surface area contributed by atoms with Gasteiger partial charge in [0.05, 0.1) is 6.04 Å². The number of nitrogens with one attached hydrogen (secondary N) is 2. The second-order valence-corrected chi connectivity index (χ2v) is 5.56. The number of halogens is 1. The van der Waals surface area contributed by atoms with Gasteiger partial charge in [-0.05, 0) is 55.7 Å². The molecule has 21 heavy (non-hydrogen) atoms. The van der Waals surface area contributed by atoms with Crippen molar-refractivity contribution < 1.29 is 4.79 Å². The fourth-order valence-corrected chi connectivity index (χ4v) is 2.20. The van der Waals surface area contributed by atoms with Crippen LogP contribution in [0.15, 0.2) is 42.5 Å². The number of aryl methyl sites for hydroxylation is 1. The average molecular weight is 303 g/mol. The highest BCUT2D eigenvalue weighted by atomic mass is 35.5. The van der Waals surface area contributed by atoms with E-state index in [1.165, 1.54) is 0 Å². The van der Waals surface area contributed by atoms with Gasteiger partial charge in [-0.3, -0.25) is 0 Å². The molecule has 2 N–H and O–H groups in total. The molecule has 4 heteroatoms. The van der Waals surface area contributed by atoms with E-state index < -0.39 is 0 Å². The van der Waals surface area contributed by atoms with Crippen molar-refractivity contribution >= 4 is 23.3 Å². The first-order chi connectivity index (χ1) is 9.97. The van der Waals surface area contributed by atoms with E-state index in [9.17, 15) is 4.79 Å². The summed E-state index contributed by atoms with van der Waals surface area (Å²) in [5.74, 6) is 0. The van der Waals surface area contributed by atoms with E-state index in [1.807, 2.05) is 63.2 Å². The maximum absolute atomic E-state index is 12.1. The molecule has 1 atom stereocenters. The standard InChI is InChI=1S/C17H19ClN2O/c1-11-5-4-6-16(12(11)2)20-17(21)19-13(3)14-7-9-15(18)10-8-14/h4-10,13H,1-3H3,(H2,19,20,21). The van der Waals surface area contributed by atoms with Crippen LogP contribution in [0.1, 0.15) is 29.7 Å². The van der Waals surface area contributed by atoms with Gasteiger partial charge in [-0.1, -0.05) is 35.9 Å². The quantitative estimate of drug-likeness (QED) is 0.837. The Morgan fingerprint density at radius 2 is 1.76 bits per heavy atom.